The van der Waals surface area contributed by atoms with Gasteiger partial charge in [0.25, 0.3) is 0 Å². The fourth-order valence-corrected chi connectivity index (χ4v) is 0.997. The third kappa shape index (κ3) is 2.34. The maximum atomic E-state index is 12.1. The Morgan fingerprint density at radius 1 is 1.42 bits per heavy atom. The van der Waals surface area contributed by atoms with Gasteiger partial charge >= 0.3 is 5.97 Å². The van der Waals surface area contributed by atoms with Gasteiger partial charge in [-0.3, -0.25) is 4.79 Å². The summed E-state index contributed by atoms with van der Waals surface area (Å²) in [5, 5.41) is 8.44. The minimum absolute atomic E-state index is 0.0478. The third-order valence-electron chi connectivity index (χ3n) is 1.50. The highest BCUT2D eigenvalue weighted by Gasteiger charge is 2.00. The van der Waals surface area contributed by atoms with Crippen LogP contribution in [0.1, 0.15) is 11.1 Å². The van der Waals surface area contributed by atoms with Crippen LogP contribution in [0.15, 0.2) is 24.3 Å². The Kier molecular flexibility index (Phi) is 2.80. The molecule has 0 saturated carbocycles. The van der Waals surface area contributed by atoms with E-state index in [0.29, 0.717) is 11.1 Å². The lowest BCUT2D eigenvalue weighted by atomic mass is 10.1. The average molecular weight is 168 g/mol. The molecule has 1 aromatic carbocycles. The van der Waals surface area contributed by atoms with Crippen LogP contribution in [0.5, 0.6) is 0 Å². The van der Waals surface area contributed by atoms with Crippen molar-refractivity contribution in [2.24, 2.45) is 0 Å². The normalized spacial score (nSPS) is 9.75. The summed E-state index contributed by atoms with van der Waals surface area (Å²) in [5.41, 5.74) is 1.16. The van der Waals surface area contributed by atoms with E-state index in [1.807, 2.05) is 0 Å². The Bertz CT molecular complexity index is 284. The predicted molar refractivity (Wildman–Crippen MR) is 42.6 cm³/mol. The van der Waals surface area contributed by atoms with Gasteiger partial charge in [0, 0.05) is 0 Å². The largest absolute Gasteiger partial charge is 0.481 e. The number of carboxylic acids is 1. The van der Waals surface area contributed by atoms with Gasteiger partial charge in [-0.05, 0) is 11.1 Å². The zero-order valence-corrected chi connectivity index (χ0v) is 6.46. The van der Waals surface area contributed by atoms with Crippen LogP contribution in [0.3, 0.4) is 0 Å². The van der Waals surface area contributed by atoms with E-state index in [2.05, 4.69) is 0 Å². The van der Waals surface area contributed by atoms with Crippen molar-refractivity contribution < 1.29 is 14.3 Å². The van der Waals surface area contributed by atoms with Crippen LogP contribution in [-0.4, -0.2) is 11.1 Å². The zero-order chi connectivity index (χ0) is 8.97. The van der Waals surface area contributed by atoms with Crippen molar-refractivity contribution in [1.82, 2.24) is 0 Å². The second-order valence-corrected chi connectivity index (χ2v) is 2.52. The molecule has 0 saturated heterocycles. The molecule has 0 unspecified atom stereocenters. The summed E-state index contributed by atoms with van der Waals surface area (Å²) in [4.78, 5) is 10.3. The van der Waals surface area contributed by atoms with Crippen LogP contribution in [0.25, 0.3) is 0 Å². The van der Waals surface area contributed by atoms with Crippen molar-refractivity contribution in [2.75, 3.05) is 0 Å². The molecule has 64 valence electrons. The lowest BCUT2D eigenvalue weighted by molar-refractivity contribution is -0.136. The molecule has 3 heteroatoms. The van der Waals surface area contributed by atoms with Crippen LogP contribution >= 0.6 is 0 Å². The first-order valence-corrected chi connectivity index (χ1v) is 3.58. The Morgan fingerprint density at radius 2 is 2.08 bits per heavy atom. The fourth-order valence-electron chi connectivity index (χ4n) is 0.997. The number of benzene rings is 1. The van der Waals surface area contributed by atoms with Crippen molar-refractivity contribution in [2.45, 2.75) is 13.1 Å². The SMILES string of the molecule is O=C(O)Cc1cccc(CF)c1. The van der Waals surface area contributed by atoms with Crippen LogP contribution in [0.4, 0.5) is 4.39 Å². The van der Waals surface area contributed by atoms with Crippen molar-refractivity contribution in [3.05, 3.63) is 35.4 Å². The molecule has 0 aromatic heterocycles. The molecule has 2 nitrogen and oxygen atoms in total. The van der Waals surface area contributed by atoms with Gasteiger partial charge in [-0.15, -0.1) is 0 Å². The number of halogens is 1. The molecule has 0 aliphatic carbocycles. The van der Waals surface area contributed by atoms with E-state index in [9.17, 15) is 9.18 Å². The number of hydrogen-bond acceptors (Lipinski definition) is 1. The average Bonchev–Trinajstić information content (AvgIpc) is 2.03. The summed E-state index contributed by atoms with van der Waals surface area (Å²) in [6.45, 7) is -0.548. The summed E-state index contributed by atoms with van der Waals surface area (Å²) in [6.07, 6.45) is -0.0478. The van der Waals surface area contributed by atoms with Gasteiger partial charge in [-0.2, -0.15) is 0 Å². The van der Waals surface area contributed by atoms with Gasteiger partial charge in [-0.25, -0.2) is 4.39 Å². The van der Waals surface area contributed by atoms with Crippen molar-refractivity contribution in [1.29, 1.82) is 0 Å². The van der Waals surface area contributed by atoms with E-state index >= 15 is 0 Å². The van der Waals surface area contributed by atoms with E-state index in [4.69, 9.17) is 5.11 Å². The van der Waals surface area contributed by atoms with Crippen molar-refractivity contribution >= 4 is 5.97 Å². The maximum Gasteiger partial charge on any atom is 0.307 e. The van der Waals surface area contributed by atoms with Crippen molar-refractivity contribution in [3.63, 3.8) is 0 Å². The van der Waals surface area contributed by atoms with Crippen LogP contribution in [0, 0.1) is 0 Å². The van der Waals surface area contributed by atoms with E-state index in [-0.39, 0.29) is 6.42 Å². The number of aliphatic carboxylic acids is 1. The van der Waals surface area contributed by atoms with Gasteiger partial charge in [0.05, 0.1) is 6.42 Å². The minimum Gasteiger partial charge on any atom is -0.481 e. The standard InChI is InChI=1S/C9H9FO2/c10-6-8-3-1-2-7(4-8)5-9(11)12/h1-4H,5-6H2,(H,11,12). The lowest BCUT2D eigenvalue weighted by Crippen LogP contribution is -1.99. The van der Waals surface area contributed by atoms with Gasteiger partial charge in [0.15, 0.2) is 0 Å². The molecule has 0 heterocycles. The molecule has 1 N–H and O–H groups in total. The van der Waals surface area contributed by atoms with E-state index in [1.165, 1.54) is 0 Å². The number of alkyl halides is 1. The smallest absolute Gasteiger partial charge is 0.307 e. The van der Waals surface area contributed by atoms with Gasteiger partial charge < -0.3 is 5.11 Å². The number of carboxylic acid groups (broad SMARTS) is 1. The molecule has 12 heavy (non-hydrogen) atoms. The topological polar surface area (TPSA) is 37.3 Å². The summed E-state index contributed by atoms with van der Waals surface area (Å²) in [6, 6.07) is 6.53. The molecule has 0 spiro atoms. The lowest BCUT2D eigenvalue weighted by Gasteiger charge is -1.98. The summed E-state index contributed by atoms with van der Waals surface area (Å²) < 4.78 is 12.1. The van der Waals surface area contributed by atoms with Gasteiger partial charge in [0.2, 0.25) is 0 Å². The molecule has 1 aromatic rings. The Hall–Kier alpha value is -1.38. The minimum atomic E-state index is -0.897. The Labute approximate surface area is 69.6 Å². The molecule has 0 bridgehead atoms. The van der Waals surface area contributed by atoms with Crippen LogP contribution in [0.2, 0.25) is 0 Å². The van der Waals surface area contributed by atoms with E-state index in [0.717, 1.165) is 0 Å². The predicted octanol–water partition coefficient (Wildman–Crippen LogP) is 1.78. The molecule has 1 rings (SSSR count). The highest BCUT2D eigenvalue weighted by Crippen LogP contribution is 2.06. The zero-order valence-electron chi connectivity index (χ0n) is 6.46. The van der Waals surface area contributed by atoms with Crippen molar-refractivity contribution in [3.8, 4) is 0 Å². The van der Waals surface area contributed by atoms with E-state index in [1.54, 1.807) is 24.3 Å². The molecular formula is C9H9FO2. The van der Waals surface area contributed by atoms with Crippen LogP contribution in [-0.2, 0) is 17.9 Å². The number of carbonyl (C=O) groups is 1. The number of hydrogen-bond donors (Lipinski definition) is 1. The molecule has 0 fully saturated rings. The summed E-state index contributed by atoms with van der Waals surface area (Å²) >= 11 is 0. The van der Waals surface area contributed by atoms with Crippen LogP contribution < -0.4 is 0 Å². The highest BCUT2D eigenvalue weighted by atomic mass is 19.1. The Balaban J connectivity index is 2.79. The quantitative estimate of drug-likeness (QED) is 0.746. The molecule has 0 aliphatic rings. The first kappa shape index (κ1) is 8.71. The maximum absolute atomic E-state index is 12.1. The fraction of sp³-hybridized carbons (Fsp3) is 0.222. The first-order chi connectivity index (χ1) is 5.72. The molecule has 0 aliphatic heterocycles. The van der Waals surface area contributed by atoms with E-state index < -0.39 is 12.6 Å². The summed E-state index contributed by atoms with van der Waals surface area (Å²) in [7, 11) is 0. The Morgan fingerprint density at radius 3 is 2.67 bits per heavy atom. The number of rotatable bonds is 3. The molecule has 0 atom stereocenters. The molecular weight excluding hydrogens is 159 g/mol. The first-order valence-electron chi connectivity index (χ1n) is 3.58. The third-order valence-corrected chi connectivity index (χ3v) is 1.50. The van der Waals surface area contributed by atoms with Gasteiger partial charge in [-0.1, -0.05) is 24.3 Å². The summed E-state index contributed by atoms with van der Waals surface area (Å²) in [5.74, 6) is -0.897. The molecule has 0 radical (unpaired) electrons. The van der Waals surface area contributed by atoms with Gasteiger partial charge in [0.1, 0.15) is 6.67 Å². The highest BCUT2D eigenvalue weighted by molar-refractivity contribution is 5.70. The second kappa shape index (κ2) is 3.85. The molecule has 0 amide bonds. The monoisotopic (exact) mass is 168 g/mol. The second-order valence-electron chi connectivity index (χ2n) is 2.52.